The second kappa shape index (κ2) is 10.9. The highest BCUT2D eigenvalue weighted by Crippen LogP contribution is 2.28. The van der Waals surface area contributed by atoms with Crippen LogP contribution in [0.4, 0.5) is 0 Å². The molecule has 1 aliphatic rings. The second-order valence-electron chi connectivity index (χ2n) is 6.27. The van der Waals surface area contributed by atoms with Crippen molar-refractivity contribution in [1.29, 1.82) is 0 Å². The van der Waals surface area contributed by atoms with Crippen LogP contribution in [0.1, 0.15) is 30.6 Å². The molecule has 0 bridgehead atoms. The summed E-state index contributed by atoms with van der Waals surface area (Å²) in [6.45, 7) is 6.83. The molecular weight excluding hydrogens is 358 g/mol. The van der Waals surface area contributed by atoms with Gasteiger partial charge in [0.15, 0.2) is 18.1 Å². The van der Waals surface area contributed by atoms with Crippen molar-refractivity contribution in [1.82, 2.24) is 15.5 Å². The molecule has 1 fully saturated rings. The number of carbonyl (C=O) groups is 2. The van der Waals surface area contributed by atoms with Gasteiger partial charge in [-0.2, -0.15) is 0 Å². The molecule has 1 heterocycles. The van der Waals surface area contributed by atoms with Crippen LogP contribution in [0.25, 0.3) is 0 Å². The molecule has 7 nitrogen and oxygen atoms in total. The van der Waals surface area contributed by atoms with Gasteiger partial charge in [0.1, 0.15) is 0 Å². The number of amides is 2. The molecule has 1 aromatic rings. The largest absolute Gasteiger partial charge is 0.493 e. The van der Waals surface area contributed by atoms with E-state index in [9.17, 15) is 9.59 Å². The Morgan fingerprint density at radius 2 is 2.00 bits per heavy atom. The van der Waals surface area contributed by atoms with Crippen LogP contribution in [0.15, 0.2) is 18.2 Å². The molecule has 1 aromatic carbocycles. The van der Waals surface area contributed by atoms with E-state index in [1.165, 1.54) is 7.11 Å². The van der Waals surface area contributed by atoms with Gasteiger partial charge in [0.05, 0.1) is 7.11 Å². The summed E-state index contributed by atoms with van der Waals surface area (Å²) >= 11 is 0. The van der Waals surface area contributed by atoms with Crippen LogP contribution in [0.2, 0.25) is 0 Å². The fourth-order valence-corrected chi connectivity index (χ4v) is 2.66. The van der Waals surface area contributed by atoms with Crippen LogP contribution in [0.5, 0.6) is 11.5 Å². The van der Waals surface area contributed by atoms with Crippen LogP contribution in [-0.2, 0) is 4.79 Å². The highest BCUT2D eigenvalue weighted by molar-refractivity contribution is 5.95. The molecular formula is C18H28ClN3O4. The lowest BCUT2D eigenvalue weighted by Gasteiger charge is -2.20. The zero-order valence-electron chi connectivity index (χ0n) is 15.5. The molecule has 1 saturated heterocycles. The molecule has 1 aliphatic heterocycles. The van der Waals surface area contributed by atoms with E-state index in [0.717, 1.165) is 26.1 Å². The lowest BCUT2D eigenvalue weighted by atomic mass is 10.1. The molecule has 2 N–H and O–H groups in total. The number of rotatable bonds is 6. The smallest absolute Gasteiger partial charge is 0.258 e. The summed E-state index contributed by atoms with van der Waals surface area (Å²) < 4.78 is 10.8. The third-order valence-corrected chi connectivity index (χ3v) is 3.85. The molecule has 2 rings (SSSR count). The topological polar surface area (TPSA) is 79.9 Å². The van der Waals surface area contributed by atoms with Crippen LogP contribution in [0, 0.1) is 0 Å². The fraction of sp³-hybridized carbons (Fsp3) is 0.556. The maximum absolute atomic E-state index is 12.7. The molecule has 146 valence electrons. The van der Waals surface area contributed by atoms with Crippen molar-refractivity contribution in [3.63, 3.8) is 0 Å². The number of carbonyl (C=O) groups excluding carboxylic acids is 2. The number of ether oxygens (including phenoxy) is 2. The Morgan fingerprint density at radius 1 is 1.23 bits per heavy atom. The Labute approximate surface area is 160 Å². The number of methoxy groups -OCH3 is 1. The van der Waals surface area contributed by atoms with Gasteiger partial charge in [0.25, 0.3) is 11.8 Å². The molecule has 0 aliphatic carbocycles. The van der Waals surface area contributed by atoms with Gasteiger partial charge < -0.3 is 25.0 Å². The standard InChI is InChI=1S/C18H27N3O4.ClH/c1-13(2)20-17(22)12-25-15-6-5-14(11-16(15)24-3)18(23)21-9-4-7-19-8-10-21;/h5-6,11,13,19H,4,7-10,12H2,1-3H3,(H,20,22);1H. The number of nitrogens with one attached hydrogen (secondary N) is 2. The predicted molar refractivity (Wildman–Crippen MR) is 102 cm³/mol. The number of nitrogens with zero attached hydrogens (tertiary/aromatic N) is 1. The van der Waals surface area contributed by atoms with E-state index in [1.54, 1.807) is 18.2 Å². The third kappa shape index (κ3) is 6.38. The summed E-state index contributed by atoms with van der Waals surface area (Å²) in [4.78, 5) is 26.2. The monoisotopic (exact) mass is 385 g/mol. The average Bonchev–Trinajstić information content (AvgIpc) is 2.88. The summed E-state index contributed by atoms with van der Waals surface area (Å²) in [7, 11) is 1.51. The Morgan fingerprint density at radius 3 is 2.69 bits per heavy atom. The zero-order valence-corrected chi connectivity index (χ0v) is 16.4. The van der Waals surface area contributed by atoms with E-state index >= 15 is 0 Å². The molecule has 0 spiro atoms. The van der Waals surface area contributed by atoms with Crippen molar-refractivity contribution in [3.8, 4) is 11.5 Å². The molecule has 26 heavy (non-hydrogen) atoms. The number of halogens is 1. The van der Waals surface area contributed by atoms with E-state index in [2.05, 4.69) is 10.6 Å². The predicted octanol–water partition coefficient (Wildman–Crippen LogP) is 1.46. The summed E-state index contributed by atoms with van der Waals surface area (Å²) in [6, 6.07) is 5.10. The Balaban J connectivity index is 0.00000338. The van der Waals surface area contributed by atoms with Gasteiger partial charge in [0.2, 0.25) is 0 Å². The van der Waals surface area contributed by atoms with Crippen molar-refractivity contribution in [2.45, 2.75) is 26.3 Å². The highest BCUT2D eigenvalue weighted by Gasteiger charge is 2.19. The van der Waals surface area contributed by atoms with Gasteiger partial charge in [-0.15, -0.1) is 12.4 Å². The summed E-state index contributed by atoms with van der Waals surface area (Å²) in [5.74, 6) is 0.659. The average molecular weight is 386 g/mol. The first-order chi connectivity index (χ1) is 12.0. The number of benzene rings is 1. The second-order valence-corrected chi connectivity index (χ2v) is 6.27. The first kappa shape index (κ1) is 22.1. The Bertz CT molecular complexity index is 602. The minimum absolute atomic E-state index is 0. The third-order valence-electron chi connectivity index (χ3n) is 3.85. The van der Waals surface area contributed by atoms with Gasteiger partial charge in [-0.3, -0.25) is 9.59 Å². The van der Waals surface area contributed by atoms with Gasteiger partial charge in [-0.25, -0.2) is 0 Å². The SMILES string of the molecule is COc1cc(C(=O)N2CCCNCC2)ccc1OCC(=O)NC(C)C.Cl. The van der Waals surface area contributed by atoms with Crippen LogP contribution >= 0.6 is 12.4 Å². The van der Waals surface area contributed by atoms with Crippen molar-refractivity contribution in [2.24, 2.45) is 0 Å². The fourth-order valence-electron chi connectivity index (χ4n) is 2.66. The molecule has 0 saturated carbocycles. The van der Waals surface area contributed by atoms with Crippen molar-refractivity contribution < 1.29 is 19.1 Å². The van der Waals surface area contributed by atoms with E-state index < -0.39 is 0 Å². The molecule has 8 heteroatoms. The van der Waals surface area contributed by atoms with E-state index in [4.69, 9.17) is 9.47 Å². The minimum atomic E-state index is -0.200. The van der Waals surface area contributed by atoms with Gasteiger partial charge in [0, 0.05) is 31.2 Å². The minimum Gasteiger partial charge on any atom is -0.493 e. The Kier molecular flexibility index (Phi) is 9.23. The summed E-state index contributed by atoms with van der Waals surface area (Å²) in [5.41, 5.74) is 0.553. The Hall–Kier alpha value is -1.99. The number of hydrogen-bond donors (Lipinski definition) is 2. The maximum atomic E-state index is 12.7. The molecule has 0 radical (unpaired) electrons. The zero-order chi connectivity index (χ0) is 18.2. The van der Waals surface area contributed by atoms with E-state index in [0.29, 0.717) is 23.6 Å². The first-order valence-electron chi connectivity index (χ1n) is 8.61. The van der Waals surface area contributed by atoms with Gasteiger partial charge in [-0.05, 0) is 45.0 Å². The van der Waals surface area contributed by atoms with Crippen molar-refractivity contribution in [2.75, 3.05) is 39.9 Å². The van der Waals surface area contributed by atoms with Crippen molar-refractivity contribution >= 4 is 24.2 Å². The van der Waals surface area contributed by atoms with E-state index in [-0.39, 0.29) is 36.9 Å². The summed E-state index contributed by atoms with van der Waals surface area (Å²) in [6.07, 6.45) is 0.940. The van der Waals surface area contributed by atoms with Gasteiger partial charge in [-0.1, -0.05) is 0 Å². The lowest BCUT2D eigenvalue weighted by molar-refractivity contribution is -0.123. The molecule has 0 atom stereocenters. The lowest BCUT2D eigenvalue weighted by Crippen LogP contribution is -2.34. The van der Waals surface area contributed by atoms with Crippen LogP contribution < -0.4 is 20.1 Å². The van der Waals surface area contributed by atoms with Gasteiger partial charge >= 0.3 is 0 Å². The molecule has 2 amide bonds. The molecule has 0 aromatic heterocycles. The quantitative estimate of drug-likeness (QED) is 0.774. The van der Waals surface area contributed by atoms with E-state index in [1.807, 2.05) is 18.7 Å². The first-order valence-corrected chi connectivity index (χ1v) is 8.61. The van der Waals surface area contributed by atoms with Crippen LogP contribution in [-0.4, -0.2) is 62.7 Å². The van der Waals surface area contributed by atoms with Crippen LogP contribution in [0.3, 0.4) is 0 Å². The normalized spacial score (nSPS) is 14.2. The highest BCUT2D eigenvalue weighted by atomic mass is 35.5. The molecule has 0 unspecified atom stereocenters. The number of hydrogen-bond acceptors (Lipinski definition) is 5. The summed E-state index contributed by atoms with van der Waals surface area (Å²) in [5, 5.41) is 6.04. The maximum Gasteiger partial charge on any atom is 0.258 e. The van der Waals surface area contributed by atoms with Crippen molar-refractivity contribution in [3.05, 3.63) is 23.8 Å².